The summed E-state index contributed by atoms with van der Waals surface area (Å²) in [4.78, 5) is 25.9. The first-order chi connectivity index (χ1) is 13.6. The highest BCUT2D eigenvalue weighted by Crippen LogP contribution is 2.21. The van der Waals surface area contributed by atoms with E-state index < -0.39 is 11.9 Å². The van der Waals surface area contributed by atoms with Gasteiger partial charge in [0.25, 0.3) is 5.91 Å². The molecule has 3 aromatic carbocycles. The molecule has 3 aromatic rings. The van der Waals surface area contributed by atoms with E-state index in [1.54, 1.807) is 18.2 Å². The Kier molecular flexibility index (Phi) is 4.72. The van der Waals surface area contributed by atoms with Crippen LogP contribution >= 0.6 is 0 Å². The summed E-state index contributed by atoms with van der Waals surface area (Å²) in [5, 5.41) is 2.60. The Labute approximate surface area is 161 Å². The fourth-order valence-electron chi connectivity index (χ4n) is 3.06. The molecule has 0 aromatic heterocycles. The molecular formula is C23H17FN2O2. The van der Waals surface area contributed by atoms with E-state index in [0.717, 1.165) is 21.6 Å². The van der Waals surface area contributed by atoms with E-state index in [4.69, 9.17) is 0 Å². The van der Waals surface area contributed by atoms with Crippen molar-refractivity contribution >= 4 is 18.0 Å². The van der Waals surface area contributed by atoms with E-state index in [-0.39, 0.29) is 18.1 Å². The van der Waals surface area contributed by atoms with Crippen LogP contribution < -0.4 is 5.32 Å². The van der Waals surface area contributed by atoms with Crippen molar-refractivity contribution in [2.75, 3.05) is 0 Å². The van der Waals surface area contributed by atoms with E-state index >= 15 is 0 Å². The van der Waals surface area contributed by atoms with Crippen molar-refractivity contribution in [1.82, 2.24) is 10.2 Å². The molecule has 5 heteroatoms. The first kappa shape index (κ1) is 17.7. The van der Waals surface area contributed by atoms with Gasteiger partial charge in [-0.1, -0.05) is 66.7 Å². The van der Waals surface area contributed by atoms with Crippen LogP contribution in [0.15, 0.2) is 84.6 Å². The molecule has 0 aliphatic carbocycles. The number of rotatable bonds is 4. The Morgan fingerprint density at radius 3 is 2.14 bits per heavy atom. The van der Waals surface area contributed by atoms with Crippen molar-refractivity contribution in [2.45, 2.75) is 6.54 Å². The number of imide groups is 1. The third kappa shape index (κ3) is 3.69. The number of hydrogen-bond acceptors (Lipinski definition) is 2. The second-order valence-corrected chi connectivity index (χ2v) is 6.49. The SMILES string of the molecule is O=C1NC(=Cc2ccc(-c3ccccc3)cc2)C(=O)N1Cc1ccc(F)cc1. The Hall–Kier alpha value is -3.73. The minimum atomic E-state index is -0.485. The predicted molar refractivity (Wildman–Crippen MR) is 105 cm³/mol. The minimum absolute atomic E-state index is 0.0925. The van der Waals surface area contributed by atoms with Crippen LogP contribution in [0, 0.1) is 5.82 Å². The maximum absolute atomic E-state index is 13.0. The van der Waals surface area contributed by atoms with Crippen molar-refractivity contribution in [3.05, 3.63) is 102 Å². The maximum atomic E-state index is 13.0. The van der Waals surface area contributed by atoms with Gasteiger partial charge >= 0.3 is 6.03 Å². The van der Waals surface area contributed by atoms with E-state index in [2.05, 4.69) is 5.32 Å². The number of hydrogen-bond donors (Lipinski definition) is 1. The van der Waals surface area contributed by atoms with Gasteiger partial charge in [0.2, 0.25) is 0 Å². The summed E-state index contributed by atoms with van der Waals surface area (Å²) in [6.45, 7) is 0.0925. The van der Waals surface area contributed by atoms with E-state index in [1.807, 2.05) is 54.6 Å². The summed E-state index contributed by atoms with van der Waals surface area (Å²) in [5.41, 5.74) is 3.89. The molecule has 0 radical (unpaired) electrons. The lowest BCUT2D eigenvalue weighted by Crippen LogP contribution is -2.30. The Bertz CT molecular complexity index is 1040. The van der Waals surface area contributed by atoms with Crippen LogP contribution in [0.2, 0.25) is 0 Å². The van der Waals surface area contributed by atoms with Crippen molar-refractivity contribution in [3.63, 3.8) is 0 Å². The van der Waals surface area contributed by atoms with Gasteiger partial charge in [0.05, 0.1) is 6.54 Å². The molecule has 3 amide bonds. The highest BCUT2D eigenvalue weighted by molar-refractivity contribution is 6.13. The lowest BCUT2D eigenvalue weighted by molar-refractivity contribution is -0.123. The Morgan fingerprint density at radius 2 is 1.46 bits per heavy atom. The number of halogens is 1. The standard InChI is InChI=1S/C23H17FN2O2/c24-20-12-8-17(9-13-20)15-26-22(27)21(25-23(26)28)14-16-6-10-19(11-7-16)18-4-2-1-3-5-18/h1-14H,15H2,(H,25,28). The van der Waals surface area contributed by atoms with Gasteiger partial charge in [0, 0.05) is 0 Å². The number of amides is 3. The summed E-state index contributed by atoms with van der Waals surface area (Å²) in [5.74, 6) is -0.762. The van der Waals surface area contributed by atoms with Gasteiger partial charge in [-0.3, -0.25) is 9.69 Å². The van der Waals surface area contributed by atoms with Crippen LogP contribution in [-0.4, -0.2) is 16.8 Å². The Morgan fingerprint density at radius 1 is 0.821 bits per heavy atom. The molecule has 1 heterocycles. The number of benzene rings is 3. The molecule has 138 valence electrons. The first-order valence-electron chi connectivity index (χ1n) is 8.84. The Balaban J connectivity index is 1.51. The normalized spacial score (nSPS) is 15.2. The monoisotopic (exact) mass is 372 g/mol. The zero-order valence-electron chi connectivity index (χ0n) is 14.9. The number of urea groups is 1. The molecule has 1 saturated heterocycles. The van der Waals surface area contributed by atoms with Crippen LogP contribution in [-0.2, 0) is 11.3 Å². The number of carbonyl (C=O) groups is 2. The molecule has 1 fully saturated rings. The van der Waals surface area contributed by atoms with E-state index in [0.29, 0.717) is 5.56 Å². The third-order valence-electron chi connectivity index (χ3n) is 4.55. The summed E-state index contributed by atoms with van der Waals surface area (Å²) in [7, 11) is 0. The molecule has 0 spiro atoms. The van der Waals surface area contributed by atoms with Gasteiger partial charge in [-0.15, -0.1) is 0 Å². The molecule has 0 atom stereocenters. The lowest BCUT2D eigenvalue weighted by atomic mass is 10.0. The second kappa shape index (κ2) is 7.48. The summed E-state index contributed by atoms with van der Waals surface area (Å²) in [6, 6.07) is 23.0. The van der Waals surface area contributed by atoms with Crippen LogP contribution in [0.3, 0.4) is 0 Å². The van der Waals surface area contributed by atoms with Crippen molar-refractivity contribution in [2.24, 2.45) is 0 Å². The molecule has 4 nitrogen and oxygen atoms in total. The largest absolute Gasteiger partial charge is 0.329 e. The molecule has 1 aliphatic rings. The van der Waals surface area contributed by atoms with Gasteiger partial charge in [0.1, 0.15) is 11.5 Å². The zero-order chi connectivity index (χ0) is 19.5. The van der Waals surface area contributed by atoms with Crippen molar-refractivity contribution < 1.29 is 14.0 Å². The smallest absolute Gasteiger partial charge is 0.303 e. The van der Waals surface area contributed by atoms with Crippen LogP contribution in [0.5, 0.6) is 0 Å². The molecular weight excluding hydrogens is 355 g/mol. The molecule has 1 aliphatic heterocycles. The summed E-state index contributed by atoms with van der Waals surface area (Å²) < 4.78 is 13.0. The van der Waals surface area contributed by atoms with Crippen molar-refractivity contribution in [1.29, 1.82) is 0 Å². The average molecular weight is 372 g/mol. The molecule has 0 unspecified atom stereocenters. The maximum Gasteiger partial charge on any atom is 0.329 e. The highest BCUT2D eigenvalue weighted by Gasteiger charge is 2.33. The fourth-order valence-corrected chi connectivity index (χ4v) is 3.06. The average Bonchev–Trinajstić information content (AvgIpc) is 2.98. The zero-order valence-corrected chi connectivity index (χ0v) is 14.9. The molecule has 28 heavy (non-hydrogen) atoms. The van der Waals surface area contributed by atoms with Crippen LogP contribution in [0.25, 0.3) is 17.2 Å². The van der Waals surface area contributed by atoms with Crippen molar-refractivity contribution in [3.8, 4) is 11.1 Å². The molecule has 0 saturated carbocycles. The van der Waals surface area contributed by atoms with Crippen LogP contribution in [0.4, 0.5) is 9.18 Å². The van der Waals surface area contributed by atoms with E-state index in [1.165, 1.54) is 12.1 Å². The van der Waals surface area contributed by atoms with Gasteiger partial charge in [-0.05, 0) is 40.5 Å². The van der Waals surface area contributed by atoms with E-state index in [9.17, 15) is 14.0 Å². The quantitative estimate of drug-likeness (QED) is 0.538. The van der Waals surface area contributed by atoms with Gasteiger partial charge in [-0.2, -0.15) is 0 Å². The molecule has 0 bridgehead atoms. The van der Waals surface area contributed by atoms with Crippen LogP contribution in [0.1, 0.15) is 11.1 Å². The lowest BCUT2D eigenvalue weighted by Gasteiger charge is -2.11. The van der Waals surface area contributed by atoms with Gasteiger partial charge < -0.3 is 5.32 Å². The summed E-state index contributed by atoms with van der Waals surface area (Å²) >= 11 is 0. The number of carbonyl (C=O) groups excluding carboxylic acids is 2. The highest BCUT2D eigenvalue weighted by atomic mass is 19.1. The summed E-state index contributed by atoms with van der Waals surface area (Å²) in [6.07, 6.45) is 1.65. The minimum Gasteiger partial charge on any atom is -0.303 e. The van der Waals surface area contributed by atoms with Gasteiger partial charge in [-0.25, -0.2) is 9.18 Å². The second-order valence-electron chi connectivity index (χ2n) is 6.49. The number of nitrogens with one attached hydrogen (secondary N) is 1. The molecule has 1 N–H and O–H groups in total. The topological polar surface area (TPSA) is 49.4 Å². The molecule has 4 rings (SSSR count). The first-order valence-corrected chi connectivity index (χ1v) is 8.84. The number of nitrogens with zero attached hydrogens (tertiary/aromatic N) is 1. The predicted octanol–water partition coefficient (Wildman–Crippen LogP) is 4.59. The fraction of sp³-hybridized carbons (Fsp3) is 0.0435. The third-order valence-corrected chi connectivity index (χ3v) is 4.55. The van der Waals surface area contributed by atoms with Gasteiger partial charge in [0.15, 0.2) is 0 Å².